The molecule has 0 unspecified atom stereocenters. The number of rotatable bonds is 3. The summed E-state index contributed by atoms with van der Waals surface area (Å²) in [4.78, 5) is 12.7. The minimum Gasteiger partial charge on any atom is -0.449 e. The van der Waals surface area contributed by atoms with Gasteiger partial charge in [-0.15, -0.1) is 0 Å². The van der Waals surface area contributed by atoms with E-state index in [1.165, 1.54) is 0 Å². The van der Waals surface area contributed by atoms with E-state index in [9.17, 15) is 4.79 Å². The van der Waals surface area contributed by atoms with Crippen LogP contribution in [0.2, 0.25) is 0 Å². The molecule has 1 N–H and O–H groups in total. The fourth-order valence-electron chi connectivity index (χ4n) is 1.35. The number of hydrogen-bond acceptors (Lipinski definition) is 3. The monoisotopic (exact) mass is 173 g/mol. The van der Waals surface area contributed by atoms with Gasteiger partial charge in [0.2, 0.25) is 0 Å². The molecule has 0 aromatic rings. The fourth-order valence-corrected chi connectivity index (χ4v) is 1.35. The molecule has 0 aromatic carbocycles. The highest BCUT2D eigenvalue weighted by atomic mass is 16.6. The number of aliphatic hydroxyl groups is 1. The standard InChI is InChI=1S/C8H15NO3/c1-2-7(6-10)9-4-3-5-12-8(9)11/h7,10H,2-6H2,1H3/t7-/m0/s1. The second kappa shape index (κ2) is 4.30. The second-order valence-electron chi connectivity index (χ2n) is 2.91. The van der Waals surface area contributed by atoms with Crippen molar-refractivity contribution < 1.29 is 14.6 Å². The lowest BCUT2D eigenvalue weighted by molar-refractivity contribution is 0.0395. The minimum absolute atomic E-state index is 0.0194. The summed E-state index contributed by atoms with van der Waals surface area (Å²) in [5.74, 6) is 0. The number of aliphatic hydroxyl groups excluding tert-OH is 1. The summed E-state index contributed by atoms with van der Waals surface area (Å²) in [6.07, 6.45) is 1.34. The van der Waals surface area contributed by atoms with E-state index in [1.54, 1.807) is 4.90 Å². The molecule has 12 heavy (non-hydrogen) atoms. The normalized spacial score (nSPS) is 20.5. The smallest absolute Gasteiger partial charge is 0.410 e. The number of carbonyl (C=O) groups is 1. The average molecular weight is 173 g/mol. The average Bonchev–Trinajstić information content (AvgIpc) is 2.10. The topological polar surface area (TPSA) is 49.8 Å². The van der Waals surface area contributed by atoms with Crippen LogP contribution in [0, 0.1) is 0 Å². The molecule has 1 fully saturated rings. The lowest BCUT2D eigenvalue weighted by Crippen LogP contribution is -2.46. The molecule has 4 nitrogen and oxygen atoms in total. The van der Waals surface area contributed by atoms with Gasteiger partial charge in [-0.25, -0.2) is 4.79 Å². The summed E-state index contributed by atoms with van der Waals surface area (Å²) < 4.78 is 4.85. The number of amides is 1. The van der Waals surface area contributed by atoms with Crippen LogP contribution >= 0.6 is 0 Å². The van der Waals surface area contributed by atoms with E-state index < -0.39 is 0 Å². The van der Waals surface area contributed by atoms with Crippen LogP contribution in [0.25, 0.3) is 0 Å². The Kier molecular flexibility index (Phi) is 3.34. The fraction of sp³-hybridized carbons (Fsp3) is 0.875. The van der Waals surface area contributed by atoms with Crippen LogP contribution in [0.1, 0.15) is 19.8 Å². The van der Waals surface area contributed by atoms with E-state index in [1.807, 2.05) is 6.92 Å². The number of ether oxygens (including phenoxy) is 1. The van der Waals surface area contributed by atoms with E-state index in [2.05, 4.69) is 0 Å². The van der Waals surface area contributed by atoms with Gasteiger partial charge >= 0.3 is 6.09 Å². The molecule has 0 aromatic heterocycles. The number of hydrogen-bond donors (Lipinski definition) is 1. The van der Waals surface area contributed by atoms with Gasteiger partial charge in [-0.3, -0.25) is 0 Å². The first-order chi connectivity index (χ1) is 5.79. The summed E-state index contributed by atoms with van der Waals surface area (Å²) in [5, 5.41) is 8.95. The van der Waals surface area contributed by atoms with Gasteiger partial charge in [0.05, 0.1) is 19.3 Å². The SMILES string of the molecule is CC[C@@H](CO)N1CCCOC1=O. The predicted octanol–water partition coefficient (Wildman–Crippen LogP) is 0.600. The first kappa shape index (κ1) is 9.32. The van der Waals surface area contributed by atoms with Gasteiger partial charge in [-0.2, -0.15) is 0 Å². The van der Waals surface area contributed by atoms with Crippen LogP contribution in [0.3, 0.4) is 0 Å². The number of carbonyl (C=O) groups excluding carboxylic acids is 1. The molecule has 1 aliphatic rings. The molecule has 0 spiro atoms. The number of cyclic esters (lactones) is 1. The van der Waals surface area contributed by atoms with E-state index in [4.69, 9.17) is 9.84 Å². The first-order valence-electron chi connectivity index (χ1n) is 4.33. The maximum Gasteiger partial charge on any atom is 0.410 e. The van der Waals surface area contributed by atoms with E-state index in [0.29, 0.717) is 13.2 Å². The summed E-state index contributed by atoms with van der Waals surface area (Å²) >= 11 is 0. The Morgan fingerprint density at radius 1 is 1.75 bits per heavy atom. The highest BCUT2D eigenvalue weighted by Gasteiger charge is 2.25. The van der Waals surface area contributed by atoms with Crippen LogP contribution < -0.4 is 0 Å². The zero-order chi connectivity index (χ0) is 8.97. The van der Waals surface area contributed by atoms with Crippen LogP contribution in [-0.2, 0) is 4.74 Å². The van der Waals surface area contributed by atoms with Crippen molar-refractivity contribution >= 4 is 6.09 Å². The van der Waals surface area contributed by atoms with Crippen LogP contribution in [0.15, 0.2) is 0 Å². The van der Waals surface area contributed by atoms with Crippen molar-refractivity contribution in [3.05, 3.63) is 0 Å². The van der Waals surface area contributed by atoms with Gasteiger partial charge in [0, 0.05) is 6.54 Å². The second-order valence-corrected chi connectivity index (χ2v) is 2.91. The molecule has 1 heterocycles. The third-order valence-electron chi connectivity index (χ3n) is 2.13. The molecule has 1 atom stereocenters. The Bertz CT molecular complexity index is 156. The van der Waals surface area contributed by atoms with Gasteiger partial charge < -0.3 is 14.7 Å². The molecule has 0 radical (unpaired) electrons. The lowest BCUT2D eigenvalue weighted by atomic mass is 10.2. The third-order valence-corrected chi connectivity index (χ3v) is 2.13. The van der Waals surface area contributed by atoms with Gasteiger partial charge in [-0.05, 0) is 12.8 Å². The predicted molar refractivity (Wildman–Crippen MR) is 43.8 cm³/mol. The van der Waals surface area contributed by atoms with Crippen molar-refractivity contribution in [2.45, 2.75) is 25.8 Å². The molecule has 4 heteroatoms. The summed E-state index contributed by atoms with van der Waals surface area (Å²) in [6.45, 7) is 3.18. The van der Waals surface area contributed by atoms with Crippen molar-refractivity contribution in [1.82, 2.24) is 4.90 Å². The summed E-state index contributed by atoms with van der Waals surface area (Å²) in [6, 6.07) is -0.0715. The van der Waals surface area contributed by atoms with Crippen molar-refractivity contribution in [2.75, 3.05) is 19.8 Å². The van der Waals surface area contributed by atoms with Gasteiger partial charge in [0.15, 0.2) is 0 Å². The van der Waals surface area contributed by atoms with Crippen molar-refractivity contribution in [1.29, 1.82) is 0 Å². The summed E-state index contributed by atoms with van der Waals surface area (Å²) in [7, 11) is 0. The Hall–Kier alpha value is -0.770. The maximum atomic E-state index is 11.1. The molecule has 70 valence electrons. The molecular weight excluding hydrogens is 158 g/mol. The van der Waals surface area contributed by atoms with E-state index in [-0.39, 0.29) is 18.7 Å². The maximum absolute atomic E-state index is 11.1. The zero-order valence-corrected chi connectivity index (χ0v) is 7.32. The molecular formula is C8H15NO3. The Balaban J connectivity index is 2.51. The zero-order valence-electron chi connectivity index (χ0n) is 7.32. The third kappa shape index (κ3) is 1.88. The highest BCUT2D eigenvalue weighted by molar-refractivity contribution is 5.68. The molecule has 0 aliphatic carbocycles. The molecule has 0 bridgehead atoms. The Morgan fingerprint density at radius 3 is 3.00 bits per heavy atom. The first-order valence-corrected chi connectivity index (χ1v) is 4.33. The molecule has 1 amide bonds. The molecule has 0 saturated carbocycles. The Labute approximate surface area is 72.1 Å². The lowest BCUT2D eigenvalue weighted by Gasteiger charge is -2.32. The highest BCUT2D eigenvalue weighted by Crippen LogP contribution is 2.11. The quantitative estimate of drug-likeness (QED) is 0.680. The van der Waals surface area contributed by atoms with E-state index in [0.717, 1.165) is 12.8 Å². The van der Waals surface area contributed by atoms with Crippen molar-refractivity contribution in [2.24, 2.45) is 0 Å². The largest absolute Gasteiger partial charge is 0.449 e. The van der Waals surface area contributed by atoms with Crippen LogP contribution in [0.5, 0.6) is 0 Å². The molecule has 1 rings (SSSR count). The minimum atomic E-state index is -0.290. The van der Waals surface area contributed by atoms with Crippen LogP contribution in [-0.4, -0.2) is 41.9 Å². The molecule has 1 saturated heterocycles. The van der Waals surface area contributed by atoms with Crippen molar-refractivity contribution in [3.8, 4) is 0 Å². The van der Waals surface area contributed by atoms with Crippen LogP contribution in [0.4, 0.5) is 4.79 Å². The number of nitrogens with zero attached hydrogens (tertiary/aromatic N) is 1. The summed E-state index contributed by atoms with van der Waals surface area (Å²) in [5.41, 5.74) is 0. The molecule has 1 aliphatic heterocycles. The van der Waals surface area contributed by atoms with Gasteiger partial charge in [0.1, 0.15) is 0 Å². The van der Waals surface area contributed by atoms with Gasteiger partial charge in [0.25, 0.3) is 0 Å². The Morgan fingerprint density at radius 2 is 2.50 bits per heavy atom. The van der Waals surface area contributed by atoms with Crippen molar-refractivity contribution in [3.63, 3.8) is 0 Å². The van der Waals surface area contributed by atoms with E-state index >= 15 is 0 Å². The van der Waals surface area contributed by atoms with Gasteiger partial charge in [-0.1, -0.05) is 6.92 Å².